The highest BCUT2D eigenvalue weighted by Gasteiger charge is 2.13. The van der Waals surface area contributed by atoms with Crippen molar-refractivity contribution in [1.82, 2.24) is 0 Å². The van der Waals surface area contributed by atoms with Crippen molar-refractivity contribution in [3.63, 3.8) is 0 Å². The summed E-state index contributed by atoms with van der Waals surface area (Å²) in [5, 5.41) is 9.58. The number of phenolic OH excluding ortho intramolecular Hbond substituents is 1. The summed E-state index contributed by atoms with van der Waals surface area (Å²) in [5.41, 5.74) is 1.38. The van der Waals surface area contributed by atoms with Gasteiger partial charge in [0.05, 0.1) is 5.56 Å². The summed E-state index contributed by atoms with van der Waals surface area (Å²) >= 11 is 1.59. The Hall–Kier alpha value is -2.27. The molecule has 0 saturated heterocycles. The third kappa shape index (κ3) is 3.89. The standard InChI is InChI=1S/C17H16O4S/c1-11-3-4-13(9-15(11)18)17(20)21-10-16(19)12-5-7-14(22-2)8-6-12/h3-9,18H,10H2,1-2H3. The summed E-state index contributed by atoms with van der Waals surface area (Å²) in [7, 11) is 0. The Bertz CT molecular complexity index is 692. The highest BCUT2D eigenvalue weighted by atomic mass is 32.2. The maximum Gasteiger partial charge on any atom is 0.338 e. The van der Waals surface area contributed by atoms with Crippen molar-refractivity contribution in [3.05, 3.63) is 59.2 Å². The van der Waals surface area contributed by atoms with Crippen molar-refractivity contribution in [3.8, 4) is 5.75 Å². The Morgan fingerprint density at radius 1 is 1.09 bits per heavy atom. The topological polar surface area (TPSA) is 63.6 Å². The largest absolute Gasteiger partial charge is 0.508 e. The second-order valence-electron chi connectivity index (χ2n) is 4.73. The van der Waals surface area contributed by atoms with E-state index in [1.165, 1.54) is 6.07 Å². The zero-order chi connectivity index (χ0) is 16.1. The maximum absolute atomic E-state index is 12.0. The SMILES string of the molecule is CSc1ccc(C(=O)COC(=O)c2ccc(C)c(O)c2)cc1. The van der Waals surface area contributed by atoms with Crippen LogP contribution in [-0.2, 0) is 4.74 Å². The number of carbonyl (C=O) groups is 2. The number of hydrogen-bond acceptors (Lipinski definition) is 5. The molecule has 0 aliphatic rings. The first-order valence-electron chi connectivity index (χ1n) is 6.65. The number of Topliss-reactive ketones (excluding diaryl/α,β-unsaturated/α-hetero) is 1. The summed E-state index contributed by atoms with van der Waals surface area (Å²) in [6, 6.07) is 11.6. The summed E-state index contributed by atoms with van der Waals surface area (Å²) in [6.07, 6.45) is 1.95. The van der Waals surface area contributed by atoms with Crippen LogP contribution >= 0.6 is 11.8 Å². The Labute approximate surface area is 133 Å². The molecular weight excluding hydrogens is 300 g/mol. The van der Waals surface area contributed by atoms with Gasteiger partial charge in [0.15, 0.2) is 12.4 Å². The van der Waals surface area contributed by atoms with Gasteiger partial charge >= 0.3 is 5.97 Å². The van der Waals surface area contributed by atoms with Crippen LogP contribution < -0.4 is 0 Å². The Balaban J connectivity index is 1.97. The van der Waals surface area contributed by atoms with Crippen LogP contribution in [0.5, 0.6) is 5.75 Å². The molecule has 2 aromatic rings. The van der Waals surface area contributed by atoms with Crippen molar-refractivity contribution in [1.29, 1.82) is 0 Å². The molecule has 22 heavy (non-hydrogen) atoms. The minimum atomic E-state index is -0.635. The molecule has 0 atom stereocenters. The van der Waals surface area contributed by atoms with Crippen molar-refractivity contribution in [2.24, 2.45) is 0 Å². The average Bonchev–Trinajstić information content (AvgIpc) is 2.54. The van der Waals surface area contributed by atoms with Gasteiger partial charge in [-0.3, -0.25) is 4.79 Å². The van der Waals surface area contributed by atoms with Gasteiger partial charge in [-0.15, -0.1) is 11.8 Å². The van der Waals surface area contributed by atoms with E-state index in [1.807, 2.05) is 18.4 Å². The number of benzene rings is 2. The monoisotopic (exact) mass is 316 g/mol. The van der Waals surface area contributed by atoms with E-state index in [0.717, 1.165) is 4.90 Å². The second kappa shape index (κ2) is 7.13. The molecule has 0 aliphatic heterocycles. The summed E-state index contributed by atoms with van der Waals surface area (Å²) in [4.78, 5) is 24.9. The fourth-order valence-electron chi connectivity index (χ4n) is 1.81. The number of aromatic hydroxyl groups is 1. The molecule has 0 aromatic heterocycles. The Kier molecular flexibility index (Phi) is 5.22. The lowest BCUT2D eigenvalue weighted by Crippen LogP contribution is -2.14. The highest BCUT2D eigenvalue weighted by molar-refractivity contribution is 7.98. The molecule has 4 nitrogen and oxygen atoms in total. The number of hydrogen-bond donors (Lipinski definition) is 1. The molecule has 0 bridgehead atoms. The minimum absolute atomic E-state index is 0.0217. The van der Waals surface area contributed by atoms with E-state index in [0.29, 0.717) is 11.1 Å². The lowest BCUT2D eigenvalue weighted by Gasteiger charge is -2.06. The normalized spacial score (nSPS) is 10.3. The van der Waals surface area contributed by atoms with E-state index in [4.69, 9.17) is 4.74 Å². The third-order valence-electron chi connectivity index (χ3n) is 3.19. The van der Waals surface area contributed by atoms with Gasteiger partial charge in [0.2, 0.25) is 0 Å². The van der Waals surface area contributed by atoms with E-state index in [9.17, 15) is 14.7 Å². The van der Waals surface area contributed by atoms with Crippen LogP contribution in [0.1, 0.15) is 26.3 Å². The number of ketones is 1. The highest BCUT2D eigenvalue weighted by Crippen LogP contribution is 2.18. The van der Waals surface area contributed by atoms with E-state index >= 15 is 0 Å². The summed E-state index contributed by atoms with van der Waals surface area (Å²) in [6.45, 7) is 1.40. The van der Waals surface area contributed by atoms with Crippen molar-refractivity contribution >= 4 is 23.5 Å². The van der Waals surface area contributed by atoms with Crippen molar-refractivity contribution in [2.45, 2.75) is 11.8 Å². The number of aryl methyl sites for hydroxylation is 1. The minimum Gasteiger partial charge on any atom is -0.508 e. The second-order valence-corrected chi connectivity index (χ2v) is 5.61. The number of rotatable bonds is 5. The lowest BCUT2D eigenvalue weighted by molar-refractivity contribution is 0.0474. The van der Waals surface area contributed by atoms with Crippen LogP contribution in [0, 0.1) is 6.92 Å². The van der Waals surface area contributed by atoms with E-state index in [2.05, 4.69) is 0 Å². The van der Waals surface area contributed by atoms with Crippen LogP contribution in [0.15, 0.2) is 47.4 Å². The van der Waals surface area contributed by atoms with E-state index < -0.39 is 5.97 Å². The summed E-state index contributed by atoms with van der Waals surface area (Å²) in [5.74, 6) is -0.879. The van der Waals surface area contributed by atoms with Crippen LogP contribution in [0.2, 0.25) is 0 Å². The first-order chi connectivity index (χ1) is 10.5. The quantitative estimate of drug-likeness (QED) is 0.520. The molecule has 2 rings (SSSR count). The van der Waals surface area contributed by atoms with Gasteiger partial charge < -0.3 is 9.84 Å². The van der Waals surface area contributed by atoms with Crippen LogP contribution in [0.25, 0.3) is 0 Å². The first-order valence-corrected chi connectivity index (χ1v) is 7.87. The van der Waals surface area contributed by atoms with Gasteiger partial charge in [0, 0.05) is 10.5 Å². The van der Waals surface area contributed by atoms with E-state index in [-0.39, 0.29) is 23.7 Å². The molecule has 0 amide bonds. The first kappa shape index (κ1) is 16.1. The van der Waals surface area contributed by atoms with Crippen molar-refractivity contribution < 1.29 is 19.4 Å². The number of thioether (sulfide) groups is 1. The molecule has 0 radical (unpaired) electrons. The number of carbonyl (C=O) groups excluding carboxylic acids is 2. The maximum atomic E-state index is 12.0. The molecule has 114 valence electrons. The van der Waals surface area contributed by atoms with Gasteiger partial charge in [0.25, 0.3) is 0 Å². The Morgan fingerprint density at radius 2 is 1.73 bits per heavy atom. The van der Waals surface area contributed by atoms with Crippen LogP contribution in [-0.4, -0.2) is 29.7 Å². The Morgan fingerprint density at radius 3 is 2.32 bits per heavy atom. The number of ether oxygens (including phenoxy) is 1. The zero-order valence-corrected chi connectivity index (χ0v) is 13.1. The molecule has 0 unspecified atom stereocenters. The lowest BCUT2D eigenvalue weighted by atomic mass is 10.1. The molecule has 1 N–H and O–H groups in total. The predicted octanol–water partition coefficient (Wildman–Crippen LogP) is 3.46. The molecule has 0 heterocycles. The smallest absolute Gasteiger partial charge is 0.338 e. The van der Waals surface area contributed by atoms with Crippen LogP contribution in [0.4, 0.5) is 0 Å². The van der Waals surface area contributed by atoms with Crippen molar-refractivity contribution in [2.75, 3.05) is 12.9 Å². The molecule has 0 spiro atoms. The van der Waals surface area contributed by atoms with Gasteiger partial charge in [-0.1, -0.05) is 18.2 Å². The van der Waals surface area contributed by atoms with E-state index in [1.54, 1.807) is 43.0 Å². The predicted molar refractivity (Wildman–Crippen MR) is 85.7 cm³/mol. The molecule has 2 aromatic carbocycles. The van der Waals surface area contributed by atoms with Gasteiger partial charge in [-0.2, -0.15) is 0 Å². The zero-order valence-electron chi connectivity index (χ0n) is 12.3. The van der Waals surface area contributed by atoms with Gasteiger partial charge in [-0.25, -0.2) is 4.79 Å². The molecule has 0 fully saturated rings. The molecule has 5 heteroatoms. The molecular formula is C17H16O4S. The average molecular weight is 316 g/mol. The van der Waals surface area contributed by atoms with Gasteiger partial charge in [-0.05, 0) is 43.0 Å². The van der Waals surface area contributed by atoms with Gasteiger partial charge in [0.1, 0.15) is 5.75 Å². The number of esters is 1. The van der Waals surface area contributed by atoms with Crippen LogP contribution in [0.3, 0.4) is 0 Å². The fraction of sp³-hybridized carbons (Fsp3) is 0.176. The number of phenols is 1. The third-order valence-corrected chi connectivity index (χ3v) is 3.93. The fourth-order valence-corrected chi connectivity index (χ4v) is 2.22. The molecule has 0 saturated carbocycles. The molecule has 0 aliphatic carbocycles. The summed E-state index contributed by atoms with van der Waals surface area (Å²) < 4.78 is 4.99.